The number of carbonyl (C=O) groups excluding carboxylic acids is 1. The van der Waals surface area contributed by atoms with Gasteiger partial charge >= 0.3 is 0 Å². The maximum atomic E-state index is 11.5. The van der Waals surface area contributed by atoms with Crippen molar-refractivity contribution in [1.82, 2.24) is 10.3 Å². The highest BCUT2D eigenvalue weighted by atomic mass is 35.5. The zero-order chi connectivity index (χ0) is 11.5. The predicted octanol–water partition coefficient (Wildman–Crippen LogP) is 2.06. The minimum atomic E-state index is -0.527. The van der Waals surface area contributed by atoms with Crippen LogP contribution in [0.25, 0.3) is 0 Å². The van der Waals surface area contributed by atoms with Gasteiger partial charge in [0.2, 0.25) is 5.91 Å². The van der Waals surface area contributed by atoms with E-state index in [1.807, 2.05) is 26.0 Å². The number of alkyl halides is 1. The topological polar surface area (TPSA) is 42.0 Å². The Labute approximate surface area is 94.9 Å². The minimum absolute atomic E-state index is 0.175. The molecule has 0 aliphatic carbocycles. The fourth-order valence-corrected chi connectivity index (χ4v) is 1.27. The van der Waals surface area contributed by atoms with E-state index < -0.39 is 10.9 Å². The van der Waals surface area contributed by atoms with E-state index in [9.17, 15) is 4.79 Å². The summed E-state index contributed by atoms with van der Waals surface area (Å²) in [7, 11) is 0. The van der Waals surface area contributed by atoms with Crippen LogP contribution in [0.1, 0.15) is 26.3 Å². The van der Waals surface area contributed by atoms with E-state index >= 15 is 0 Å². The zero-order valence-electron chi connectivity index (χ0n) is 9.12. The SMILES string of the molecule is CC(Cl)C(=O)NC(C)(C)c1cccnc1. The molecular formula is C11H15ClN2O. The van der Waals surface area contributed by atoms with Crippen molar-refractivity contribution in [2.75, 3.05) is 0 Å². The molecule has 1 rings (SSSR count). The molecule has 0 bridgehead atoms. The average molecular weight is 227 g/mol. The van der Waals surface area contributed by atoms with Crippen molar-refractivity contribution in [2.24, 2.45) is 0 Å². The molecular weight excluding hydrogens is 212 g/mol. The fourth-order valence-electron chi connectivity index (χ4n) is 1.21. The number of hydrogen-bond donors (Lipinski definition) is 1. The maximum Gasteiger partial charge on any atom is 0.238 e. The summed E-state index contributed by atoms with van der Waals surface area (Å²) in [6.07, 6.45) is 3.44. The molecule has 0 fully saturated rings. The number of pyridine rings is 1. The molecule has 0 aromatic carbocycles. The van der Waals surface area contributed by atoms with Gasteiger partial charge in [0, 0.05) is 12.4 Å². The van der Waals surface area contributed by atoms with Gasteiger partial charge in [-0.25, -0.2) is 0 Å². The molecule has 1 N–H and O–H groups in total. The molecule has 0 aliphatic rings. The maximum absolute atomic E-state index is 11.5. The lowest BCUT2D eigenvalue weighted by Gasteiger charge is -2.27. The summed E-state index contributed by atoms with van der Waals surface area (Å²) >= 11 is 5.69. The molecule has 1 amide bonds. The number of aromatic nitrogens is 1. The summed E-state index contributed by atoms with van der Waals surface area (Å²) in [4.78, 5) is 15.5. The van der Waals surface area contributed by atoms with Gasteiger partial charge in [-0.05, 0) is 32.4 Å². The molecule has 1 aromatic rings. The summed E-state index contributed by atoms with van der Waals surface area (Å²) in [6, 6.07) is 3.76. The number of halogens is 1. The first-order chi connectivity index (χ1) is 6.93. The Morgan fingerprint density at radius 1 is 1.60 bits per heavy atom. The van der Waals surface area contributed by atoms with E-state index in [0.717, 1.165) is 5.56 Å². The highest BCUT2D eigenvalue weighted by molar-refractivity contribution is 6.30. The number of amides is 1. The zero-order valence-corrected chi connectivity index (χ0v) is 9.88. The number of nitrogens with zero attached hydrogens (tertiary/aromatic N) is 1. The summed E-state index contributed by atoms with van der Waals surface area (Å²) in [6.45, 7) is 5.48. The number of hydrogen-bond acceptors (Lipinski definition) is 2. The Morgan fingerprint density at radius 2 is 2.27 bits per heavy atom. The lowest BCUT2D eigenvalue weighted by atomic mass is 9.96. The second-order valence-corrected chi connectivity index (χ2v) is 4.63. The molecule has 0 saturated carbocycles. The first-order valence-electron chi connectivity index (χ1n) is 4.80. The monoisotopic (exact) mass is 226 g/mol. The van der Waals surface area contributed by atoms with Crippen LogP contribution < -0.4 is 5.32 Å². The highest BCUT2D eigenvalue weighted by Gasteiger charge is 2.24. The van der Waals surface area contributed by atoms with Crippen LogP contribution in [0.3, 0.4) is 0 Å². The van der Waals surface area contributed by atoms with E-state index in [-0.39, 0.29) is 5.91 Å². The Morgan fingerprint density at radius 3 is 2.73 bits per heavy atom. The lowest BCUT2D eigenvalue weighted by molar-refractivity contribution is -0.122. The molecule has 1 heterocycles. The van der Waals surface area contributed by atoms with Gasteiger partial charge in [0.25, 0.3) is 0 Å². The van der Waals surface area contributed by atoms with Crippen LogP contribution in [0.2, 0.25) is 0 Å². The third-order valence-electron chi connectivity index (χ3n) is 2.18. The van der Waals surface area contributed by atoms with E-state index in [2.05, 4.69) is 10.3 Å². The van der Waals surface area contributed by atoms with Crippen LogP contribution in [0, 0.1) is 0 Å². The molecule has 3 nitrogen and oxygen atoms in total. The quantitative estimate of drug-likeness (QED) is 0.802. The van der Waals surface area contributed by atoms with Crippen LogP contribution in [0.5, 0.6) is 0 Å². The molecule has 1 unspecified atom stereocenters. The Hall–Kier alpha value is -1.09. The first-order valence-corrected chi connectivity index (χ1v) is 5.24. The third kappa shape index (κ3) is 3.20. The predicted molar refractivity (Wildman–Crippen MR) is 60.7 cm³/mol. The van der Waals surface area contributed by atoms with Gasteiger partial charge in [-0.1, -0.05) is 6.07 Å². The van der Waals surface area contributed by atoms with Crippen molar-refractivity contribution in [3.05, 3.63) is 30.1 Å². The van der Waals surface area contributed by atoms with E-state index in [1.54, 1.807) is 19.3 Å². The molecule has 0 saturated heterocycles. The van der Waals surface area contributed by atoms with Crippen LogP contribution in [0.15, 0.2) is 24.5 Å². The normalized spacial score (nSPS) is 13.3. The molecule has 4 heteroatoms. The van der Waals surface area contributed by atoms with Crippen molar-refractivity contribution in [3.8, 4) is 0 Å². The molecule has 1 aromatic heterocycles. The summed E-state index contributed by atoms with van der Waals surface area (Å²) in [5.74, 6) is -0.175. The van der Waals surface area contributed by atoms with Crippen molar-refractivity contribution < 1.29 is 4.79 Å². The van der Waals surface area contributed by atoms with E-state index in [4.69, 9.17) is 11.6 Å². The molecule has 1 atom stereocenters. The van der Waals surface area contributed by atoms with Gasteiger partial charge in [-0.2, -0.15) is 0 Å². The van der Waals surface area contributed by atoms with Gasteiger partial charge in [0.05, 0.1) is 5.54 Å². The highest BCUT2D eigenvalue weighted by Crippen LogP contribution is 2.18. The van der Waals surface area contributed by atoms with Crippen molar-refractivity contribution in [2.45, 2.75) is 31.7 Å². The number of carbonyl (C=O) groups is 1. The second kappa shape index (κ2) is 4.62. The third-order valence-corrected chi connectivity index (χ3v) is 2.38. The molecule has 0 spiro atoms. The first kappa shape index (κ1) is 12.0. The van der Waals surface area contributed by atoms with Crippen LogP contribution in [-0.2, 0) is 10.3 Å². The van der Waals surface area contributed by atoms with Gasteiger partial charge in [0.15, 0.2) is 0 Å². The van der Waals surface area contributed by atoms with Crippen molar-refractivity contribution in [1.29, 1.82) is 0 Å². The fraction of sp³-hybridized carbons (Fsp3) is 0.455. The summed E-state index contributed by atoms with van der Waals surface area (Å²) in [5.41, 5.74) is 0.504. The summed E-state index contributed by atoms with van der Waals surface area (Å²) < 4.78 is 0. The molecule has 0 radical (unpaired) electrons. The largest absolute Gasteiger partial charge is 0.346 e. The van der Waals surface area contributed by atoms with Crippen LogP contribution in [0.4, 0.5) is 0 Å². The van der Waals surface area contributed by atoms with Gasteiger partial charge in [0.1, 0.15) is 5.38 Å². The van der Waals surface area contributed by atoms with Gasteiger partial charge in [-0.3, -0.25) is 9.78 Å². The standard InChI is InChI=1S/C11H15ClN2O/c1-8(12)10(15)14-11(2,3)9-5-4-6-13-7-9/h4-8H,1-3H3,(H,14,15). The minimum Gasteiger partial charge on any atom is -0.346 e. The van der Waals surface area contributed by atoms with Crippen LogP contribution in [-0.4, -0.2) is 16.3 Å². The molecule has 0 aliphatic heterocycles. The Kier molecular flexibility index (Phi) is 3.69. The number of rotatable bonds is 3. The van der Waals surface area contributed by atoms with Crippen molar-refractivity contribution >= 4 is 17.5 Å². The smallest absolute Gasteiger partial charge is 0.238 e. The molecule has 82 valence electrons. The number of nitrogens with one attached hydrogen (secondary N) is 1. The van der Waals surface area contributed by atoms with Crippen molar-refractivity contribution in [3.63, 3.8) is 0 Å². The van der Waals surface area contributed by atoms with Gasteiger partial charge < -0.3 is 5.32 Å². The molecule has 15 heavy (non-hydrogen) atoms. The Bertz CT molecular complexity index is 336. The van der Waals surface area contributed by atoms with E-state index in [0.29, 0.717) is 0 Å². The lowest BCUT2D eigenvalue weighted by Crippen LogP contribution is -2.43. The van der Waals surface area contributed by atoms with Gasteiger partial charge in [-0.15, -0.1) is 11.6 Å². The summed E-state index contributed by atoms with van der Waals surface area (Å²) in [5, 5.41) is 2.33. The van der Waals surface area contributed by atoms with Crippen LogP contribution >= 0.6 is 11.6 Å². The van der Waals surface area contributed by atoms with E-state index in [1.165, 1.54) is 0 Å². The second-order valence-electron chi connectivity index (χ2n) is 3.97. The Balaban J connectivity index is 2.80. The average Bonchev–Trinajstić information content (AvgIpc) is 2.18.